The van der Waals surface area contributed by atoms with Gasteiger partial charge in [-0.25, -0.2) is 4.79 Å². The van der Waals surface area contributed by atoms with E-state index < -0.39 is 5.97 Å². The van der Waals surface area contributed by atoms with Crippen LogP contribution in [0.2, 0.25) is 0 Å². The number of rotatable bonds is 5. The summed E-state index contributed by atoms with van der Waals surface area (Å²) in [5.41, 5.74) is 3.31. The van der Waals surface area contributed by atoms with Gasteiger partial charge < -0.3 is 14.8 Å². The van der Waals surface area contributed by atoms with Gasteiger partial charge >= 0.3 is 5.97 Å². The molecule has 1 heterocycles. The summed E-state index contributed by atoms with van der Waals surface area (Å²) in [5, 5.41) is 12.3. The van der Waals surface area contributed by atoms with Crippen LogP contribution in [-0.4, -0.2) is 11.1 Å². The van der Waals surface area contributed by atoms with Crippen molar-refractivity contribution in [3.63, 3.8) is 0 Å². The summed E-state index contributed by atoms with van der Waals surface area (Å²) < 4.78 is 5.19. The van der Waals surface area contributed by atoms with Crippen LogP contribution in [0.1, 0.15) is 46.0 Å². The molecule has 2 rings (SSSR count). The second kappa shape index (κ2) is 5.92. The van der Waals surface area contributed by atoms with Crippen molar-refractivity contribution < 1.29 is 14.3 Å². The molecule has 0 aliphatic rings. The van der Waals surface area contributed by atoms with Gasteiger partial charge in [-0.3, -0.25) is 0 Å². The third kappa shape index (κ3) is 3.27. The summed E-state index contributed by atoms with van der Waals surface area (Å²) in [5.74, 6) is -0.403. The quantitative estimate of drug-likeness (QED) is 0.876. The minimum absolute atomic E-state index is 0.0118. The molecule has 0 radical (unpaired) electrons. The topological polar surface area (TPSA) is 62.5 Å². The fourth-order valence-electron chi connectivity index (χ4n) is 2.04. The number of carboxylic acids is 1. The van der Waals surface area contributed by atoms with Gasteiger partial charge in [-0.2, -0.15) is 0 Å². The van der Waals surface area contributed by atoms with Gasteiger partial charge in [0.05, 0.1) is 0 Å². The fourth-order valence-corrected chi connectivity index (χ4v) is 2.04. The maximum atomic E-state index is 10.8. The SMILES string of the molecule is Cc1ccc([C@H](C)NCc2cc(C(=O)O)oc2C)cc1. The van der Waals surface area contributed by atoms with Gasteiger partial charge in [0.1, 0.15) is 5.76 Å². The van der Waals surface area contributed by atoms with E-state index in [9.17, 15) is 4.79 Å². The monoisotopic (exact) mass is 273 g/mol. The molecule has 0 saturated carbocycles. The molecule has 1 atom stereocenters. The van der Waals surface area contributed by atoms with Gasteiger partial charge in [0.25, 0.3) is 0 Å². The lowest BCUT2D eigenvalue weighted by Gasteiger charge is -2.14. The van der Waals surface area contributed by atoms with Crippen LogP contribution < -0.4 is 5.32 Å². The van der Waals surface area contributed by atoms with E-state index in [1.54, 1.807) is 13.0 Å². The van der Waals surface area contributed by atoms with E-state index in [0.717, 1.165) is 5.56 Å². The van der Waals surface area contributed by atoms with Crippen molar-refractivity contribution >= 4 is 5.97 Å². The molecule has 0 bridgehead atoms. The van der Waals surface area contributed by atoms with Crippen LogP contribution in [0.3, 0.4) is 0 Å². The highest BCUT2D eigenvalue weighted by molar-refractivity contribution is 5.84. The molecule has 0 fully saturated rings. The largest absolute Gasteiger partial charge is 0.475 e. The molecule has 0 spiro atoms. The van der Waals surface area contributed by atoms with Gasteiger partial charge in [0, 0.05) is 18.2 Å². The van der Waals surface area contributed by atoms with E-state index in [0.29, 0.717) is 12.3 Å². The third-order valence-corrected chi connectivity index (χ3v) is 3.41. The van der Waals surface area contributed by atoms with Gasteiger partial charge in [-0.1, -0.05) is 29.8 Å². The lowest BCUT2D eigenvalue weighted by molar-refractivity contribution is 0.0661. The normalized spacial score (nSPS) is 12.3. The zero-order valence-corrected chi connectivity index (χ0v) is 11.9. The minimum Gasteiger partial charge on any atom is -0.475 e. The molecule has 2 N–H and O–H groups in total. The zero-order valence-electron chi connectivity index (χ0n) is 11.9. The maximum Gasteiger partial charge on any atom is 0.371 e. The zero-order chi connectivity index (χ0) is 14.7. The summed E-state index contributed by atoms with van der Waals surface area (Å²) in [6.45, 7) is 6.50. The Labute approximate surface area is 118 Å². The van der Waals surface area contributed by atoms with Crippen LogP contribution in [0, 0.1) is 13.8 Å². The van der Waals surface area contributed by atoms with Crippen molar-refractivity contribution in [3.05, 3.63) is 58.5 Å². The summed E-state index contributed by atoms with van der Waals surface area (Å²) in [6.07, 6.45) is 0. The van der Waals surface area contributed by atoms with Crippen LogP contribution >= 0.6 is 0 Å². The molecule has 1 aromatic carbocycles. The summed E-state index contributed by atoms with van der Waals surface area (Å²) >= 11 is 0. The molecule has 106 valence electrons. The van der Waals surface area contributed by atoms with Crippen LogP contribution in [0.4, 0.5) is 0 Å². The average Bonchev–Trinajstić information content (AvgIpc) is 2.78. The van der Waals surface area contributed by atoms with E-state index in [1.807, 2.05) is 0 Å². The molecule has 20 heavy (non-hydrogen) atoms. The van der Waals surface area contributed by atoms with Gasteiger partial charge in [-0.15, -0.1) is 0 Å². The molecule has 4 heteroatoms. The number of furan rings is 1. The predicted molar refractivity (Wildman–Crippen MR) is 76.8 cm³/mol. The Bertz CT molecular complexity index is 599. The smallest absolute Gasteiger partial charge is 0.371 e. The number of carbonyl (C=O) groups is 1. The van der Waals surface area contributed by atoms with Crippen LogP contribution in [0.5, 0.6) is 0 Å². The Balaban J connectivity index is 2.01. The van der Waals surface area contributed by atoms with Gasteiger partial charge in [0.2, 0.25) is 5.76 Å². The molecule has 0 saturated heterocycles. The van der Waals surface area contributed by atoms with Crippen molar-refractivity contribution in [2.75, 3.05) is 0 Å². The number of carboxylic acid groups (broad SMARTS) is 1. The van der Waals surface area contributed by atoms with E-state index in [1.165, 1.54) is 11.1 Å². The molecular formula is C16H19NO3. The molecule has 2 aromatic rings. The van der Waals surface area contributed by atoms with E-state index in [2.05, 4.69) is 43.4 Å². The lowest BCUT2D eigenvalue weighted by Crippen LogP contribution is -2.18. The second-order valence-electron chi connectivity index (χ2n) is 5.01. The van der Waals surface area contributed by atoms with Crippen LogP contribution in [0.25, 0.3) is 0 Å². The molecule has 0 aliphatic carbocycles. The number of nitrogens with one attached hydrogen (secondary N) is 1. The Kier molecular flexibility index (Phi) is 4.25. The molecule has 4 nitrogen and oxygen atoms in total. The van der Waals surface area contributed by atoms with Crippen LogP contribution in [0.15, 0.2) is 34.7 Å². The second-order valence-corrected chi connectivity index (χ2v) is 5.01. The van der Waals surface area contributed by atoms with Crippen molar-refractivity contribution in [2.45, 2.75) is 33.4 Å². The fraction of sp³-hybridized carbons (Fsp3) is 0.312. The Morgan fingerprint density at radius 2 is 1.95 bits per heavy atom. The number of hydrogen-bond donors (Lipinski definition) is 2. The number of aromatic carboxylic acids is 1. The highest BCUT2D eigenvalue weighted by Crippen LogP contribution is 2.17. The van der Waals surface area contributed by atoms with Gasteiger partial charge in [-0.05, 0) is 32.4 Å². The van der Waals surface area contributed by atoms with E-state index in [4.69, 9.17) is 9.52 Å². The number of benzene rings is 1. The number of aryl methyl sites for hydroxylation is 2. The molecule has 0 unspecified atom stereocenters. The Hall–Kier alpha value is -2.07. The maximum absolute atomic E-state index is 10.8. The molecule has 1 aromatic heterocycles. The molecule has 0 aliphatic heterocycles. The minimum atomic E-state index is -1.04. The number of hydrogen-bond acceptors (Lipinski definition) is 3. The van der Waals surface area contributed by atoms with Crippen molar-refractivity contribution in [3.8, 4) is 0 Å². The van der Waals surface area contributed by atoms with E-state index >= 15 is 0 Å². The first-order chi connectivity index (χ1) is 9.47. The lowest BCUT2D eigenvalue weighted by atomic mass is 10.1. The highest BCUT2D eigenvalue weighted by Gasteiger charge is 2.13. The van der Waals surface area contributed by atoms with Crippen molar-refractivity contribution in [1.29, 1.82) is 0 Å². The first kappa shape index (κ1) is 14.3. The van der Waals surface area contributed by atoms with Crippen molar-refractivity contribution in [1.82, 2.24) is 5.32 Å². The summed E-state index contributed by atoms with van der Waals surface area (Å²) in [7, 11) is 0. The Morgan fingerprint density at radius 1 is 1.30 bits per heavy atom. The van der Waals surface area contributed by atoms with Gasteiger partial charge in [0.15, 0.2) is 0 Å². The van der Waals surface area contributed by atoms with Crippen molar-refractivity contribution in [2.24, 2.45) is 0 Å². The first-order valence-corrected chi connectivity index (χ1v) is 6.60. The first-order valence-electron chi connectivity index (χ1n) is 6.60. The summed E-state index contributed by atoms with van der Waals surface area (Å²) in [4.78, 5) is 10.8. The standard InChI is InChI=1S/C16H19NO3/c1-10-4-6-13(7-5-10)11(2)17-9-14-8-15(16(18)19)20-12(14)3/h4-8,11,17H,9H2,1-3H3,(H,18,19)/t11-/m0/s1. The van der Waals surface area contributed by atoms with Crippen LogP contribution in [-0.2, 0) is 6.54 Å². The Morgan fingerprint density at radius 3 is 2.50 bits per heavy atom. The highest BCUT2D eigenvalue weighted by atomic mass is 16.4. The summed E-state index contributed by atoms with van der Waals surface area (Å²) in [6, 6.07) is 10.1. The predicted octanol–water partition coefficient (Wildman–Crippen LogP) is 3.45. The third-order valence-electron chi connectivity index (χ3n) is 3.41. The molecular weight excluding hydrogens is 254 g/mol. The average molecular weight is 273 g/mol. The van der Waals surface area contributed by atoms with E-state index in [-0.39, 0.29) is 11.8 Å². The molecule has 0 amide bonds.